The summed E-state index contributed by atoms with van der Waals surface area (Å²) in [6.07, 6.45) is 5.68. The molecule has 0 unspecified atom stereocenters. The topological polar surface area (TPSA) is 69.0 Å². The summed E-state index contributed by atoms with van der Waals surface area (Å²) in [6, 6.07) is 8.18. The molecule has 1 heterocycles. The summed E-state index contributed by atoms with van der Waals surface area (Å²) in [5.41, 5.74) is 3.03. The van der Waals surface area contributed by atoms with Gasteiger partial charge < -0.3 is 10.1 Å². The molecule has 6 heteroatoms. The number of aryl methyl sites for hydroxylation is 1. The largest absolute Gasteiger partial charge is 0.378 e. The van der Waals surface area contributed by atoms with Gasteiger partial charge in [0.2, 0.25) is 0 Å². The van der Waals surface area contributed by atoms with E-state index in [0.29, 0.717) is 11.4 Å². The van der Waals surface area contributed by atoms with Crippen LogP contribution in [0.15, 0.2) is 24.3 Å². The predicted molar refractivity (Wildman–Crippen MR) is 91.1 cm³/mol. The van der Waals surface area contributed by atoms with Crippen LogP contribution in [-0.2, 0) is 11.3 Å². The molecule has 2 aromatic rings. The second-order valence-electron chi connectivity index (χ2n) is 6.38. The van der Waals surface area contributed by atoms with Gasteiger partial charge in [0.25, 0.3) is 5.91 Å². The Balaban J connectivity index is 1.86. The number of carbonyl (C=O) groups excluding carboxylic acids is 1. The van der Waals surface area contributed by atoms with Gasteiger partial charge in [0, 0.05) is 13.2 Å². The zero-order valence-electron chi connectivity index (χ0n) is 14.3. The molecule has 1 amide bonds. The number of methoxy groups -OCH3 is 1. The van der Waals surface area contributed by atoms with Crippen LogP contribution in [0.3, 0.4) is 0 Å². The third-order valence-corrected chi connectivity index (χ3v) is 4.45. The van der Waals surface area contributed by atoms with Crippen LogP contribution in [0.1, 0.15) is 53.8 Å². The van der Waals surface area contributed by atoms with Crippen molar-refractivity contribution in [3.63, 3.8) is 0 Å². The van der Waals surface area contributed by atoms with Crippen LogP contribution in [0.25, 0.3) is 5.69 Å². The summed E-state index contributed by atoms with van der Waals surface area (Å²) in [5, 5.41) is 11.4. The molecule has 1 aromatic carbocycles. The quantitative estimate of drug-likeness (QED) is 0.916. The minimum Gasteiger partial charge on any atom is -0.378 e. The number of aromatic nitrogens is 3. The number of rotatable bonds is 5. The van der Waals surface area contributed by atoms with E-state index in [1.807, 2.05) is 31.2 Å². The number of hydrogen-bond acceptors (Lipinski definition) is 4. The maximum absolute atomic E-state index is 12.6. The Kier molecular flexibility index (Phi) is 5.25. The van der Waals surface area contributed by atoms with Gasteiger partial charge in [-0.1, -0.05) is 36.6 Å². The van der Waals surface area contributed by atoms with Gasteiger partial charge in [-0.15, -0.1) is 5.10 Å². The summed E-state index contributed by atoms with van der Waals surface area (Å²) < 4.78 is 6.97. The Labute approximate surface area is 142 Å². The van der Waals surface area contributed by atoms with Crippen LogP contribution in [-0.4, -0.2) is 34.1 Å². The lowest BCUT2D eigenvalue weighted by atomic mass is 9.95. The van der Waals surface area contributed by atoms with Crippen LogP contribution in [0, 0.1) is 6.92 Å². The highest BCUT2D eigenvalue weighted by Gasteiger charge is 2.23. The van der Waals surface area contributed by atoms with Crippen LogP contribution >= 0.6 is 0 Å². The van der Waals surface area contributed by atoms with Crippen molar-refractivity contribution in [2.75, 3.05) is 7.11 Å². The van der Waals surface area contributed by atoms with Crippen molar-refractivity contribution in [2.45, 2.75) is 51.7 Å². The number of ether oxygens (including phenoxy) is 1. The van der Waals surface area contributed by atoms with Gasteiger partial charge in [0.15, 0.2) is 5.69 Å². The van der Waals surface area contributed by atoms with Gasteiger partial charge in [0.05, 0.1) is 12.3 Å². The summed E-state index contributed by atoms with van der Waals surface area (Å²) in [4.78, 5) is 12.6. The third kappa shape index (κ3) is 3.64. The zero-order valence-corrected chi connectivity index (χ0v) is 14.3. The summed E-state index contributed by atoms with van der Waals surface area (Å²) in [6.45, 7) is 2.31. The van der Waals surface area contributed by atoms with Crippen LogP contribution in [0.5, 0.6) is 0 Å². The average molecular weight is 328 g/mol. The molecule has 1 aromatic heterocycles. The van der Waals surface area contributed by atoms with Gasteiger partial charge in [-0.2, -0.15) is 0 Å². The molecule has 0 radical (unpaired) electrons. The Morgan fingerprint density at radius 1 is 1.33 bits per heavy atom. The van der Waals surface area contributed by atoms with E-state index in [4.69, 9.17) is 4.74 Å². The van der Waals surface area contributed by atoms with Crippen molar-refractivity contribution in [1.29, 1.82) is 0 Å². The highest BCUT2D eigenvalue weighted by molar-refractivity contribution is 5.93. The lowest BCUT2D eigenvalue weighted by Gasteiger charge is -2.22. The summed E-state index contributed by atoms with van der Waals surface area (Å²) >= 11 is 0. The average Bonchev–Trinajstić information content (AvgIpc) is 3.00. The van der Waals surface area contributed by atoms with Gasteiger partial charge in [-0.3, -0.25) is 4.79 Å². The normalized spacial score (nSPS) is 15.4. The SMILES string of the molecule is COCc1c(C(=O)NC2CCCCC2)nnn1-c1cccc(C)c1. The Morgan fingerprint density at radius 2 is 2.12 bits per heavy atom. The molecular weight excluding hydrogens is 304 g/mol. The maximum atomic E-state index is 12.6. The van der Waals surface area contributed by atoms with Crippen LogP contribution in [0.2, 0.25) is 0 Å². The molecule has 0 spiro atoms. The van der Waals surface area contributed by atoms with Crippen molar-refractivity contribution < 1.29 is 9.53 Å². The first kappa shape index (κ1) is 16.6. The Hall–Kier alpha value is -2.21. The number of nitrogens with zero attached hydrogens (tertiary/aromatic N) is 3. The molecular formula is C18H24N4O2. The van der Waals surface area contributed by atoms with E-state index in [2.05, 4.69) is 15.6 Å². The zero-order chi connectivity index (χ0) is 16.9. The standard InChI is InChI=1S/C18H24N4O2/c1-13-7-6-10-15(11-13)22-16(12-24-2)17(20-21-22)18(23)19-14-8-4-3-5-9-14/h6-7,10-11,14H,3-5,8-9,12H2,1-2H3,(H,19,23). The number of nitrogens with one attached hydrogen (secondary N) is 1. The fourth-order valence-corrected chi connectivity index (χ4v) is 3.21. The van der Waals surface area contributed by atoms with Gasteiger partial charge >= 0.3 is 0 Å². The van der Waals surface area contributed by atoms with Crippen molar-refractivity contribution in [3.8, 4) is 5.69 Å². The molecule has 1 aliphatic rings. The monoisotopic (exact) mass is 328 g/mol. The van der Waals surface area contributed by atoms with E-state index in [1.54, 1.807) is 11.8 Å². The fraction of sp³-hybridized carbons (Fsp3) is 0.500. The van der Waals surface area contributed by atoms with Gasteiger partial charge in [-0.05, 0) is 37.5 Å². The van der Waals surface area contributed by atoms with Crippen molar-refractivity contribution in [1.82, 2.24) is 20.3 Å². The van der Waals surface area contributed by atoms with Crippen molar-refractivity contribution in [3.05, 3.63) is 41.2 Å². The second-order valence-corrected chi connectivity index (χ2v) is 6.38. The van der Waals surface area contributed by atoms with E-state index >= 15 is 0 Å². The highest BCUT2D eigenvalue weighted by Crippen LogP contribution is 2.19. The lowest BCUT2D eigenvalue weighted by Crippen LogP contribution is -2.36. The first-order valence-electron chi connectivity index (χ1n) is 8.50. The van der Waals surface area contributed by atoms with Crippen LogP contribution < -0.4 is 5.32 Å². The lowest BCUT2D eigenvalue weighted by molar-refractivity contribution is 0.0917. The summed E-state index contributed by atoms with van der Waals surface area (Å²) in [7, 11) is 1.61. The van der Waals surface area contributed by atoms with E-state index in [9.17, 15) is 4.79 Å². The molecule has 1 fully saturated rings. The van der Waals surface area contributed by atoms with E-state index in [1.165, 1.54) is 19.3 Å². The number of hydrogen-bond donors (Lipinski definition) is 1. The molecule has 0 bridgehead atoms. The van der Waals surface area contributed by atoms with Gasteiger partial charge in [-0.25, -0.2) is 4.68 Å². The molecule has 0 atom stereocenters. The highest BCUT2D eigenvalue weighted by atomic mass is 16.5. The first-order valence-corrected chi connectivity index (χ1v) is 8.50. The molecule has 3 rings (SSSR count). The number of amides is 1. The molecule has 0 saturated heterocycles. The van der Waals surface area contributed by atoms with E-state index in [0.717, 1.165) is 24.1 Å². The molecule has 1 aliphatic carbocycles. The Bertz CT molecular complexity index is 705. The minimum absolute atomic E-state index is 0.159. The maximum Gasteiger partial charge on any atom is 0.274 e. The predicted octanol–water partition coefficient (Wildman–Crippen LogP) is 2.78. The molecule has 1 N–H and O–H groups in total. The summed E-state index contributed by atoms with van der Waals surface area (Å²) in [5.74, 6) is -0.159. The molecule has 128 valence electrons. The number of benzene rings is 1. The van der Waals surface area contributed by atoms with Crippen molar-refractivity contribution in [2.24, 2.45) is 0 Å². The van der Waals surface area contributed by atoms with E-state index < -0.39 is 0 Å². The molecule has 6 nitrogen and oxygen atoms in total. The van der Waals surface area contributed by atoms with Gasteiger partial charge in [0.1, 0.15) is 5.69 Å². The fourth-order valence-electron chi connectivity index (χ4n) is 3.21. The van der Waals surface area contributed by atoms with Crippen molar-refractivity contribution >= 4 is 5.91 Å². The third-order valence-electron chi connectivity index (χ3n) is 4.45. The molecule has 1 saturated carbocycles. The smallest absolute Gasteiger partial charge is 0.274 e. The second kappa shape index (κ2) is 7.57. The Morgan fingerprint density at radius 3 is 2.83 bits per heavy atom. The first-order chi connectivity index (χ1) is 11.7. The van der Waals surface area contributed by atoms with E-state index in [-0.39, 0.29) is 18.6 Å². The minimum atomic E-state index is -0.159. The number of carbonyl (C=O) groups is 1. The molecule has 0 aliphatic heterocycles. The van der Waals surface area contributed by atoms with Crippen LogP contribution in [0.4, 0.5) is 0 Å². The molecule has 24 heavy (non-hydrogen) atoms.